The number of phenols is 3. The molecule has 7 N–H and O–H groups in total. The van der Waals surface area contributed by atoms with Crippen molar-refractivity contribution in [1.82, 2.24) is 0 Å². The second-order valence-electron chi connectivity index (χ2n) is 7.60. The van der Waals surface area contributed by atoms with E-state index in [9.17, 15) is 40.5 Å². The molecular formula is C22H22O12. The number of fused-ring (bicyclic) bond motifs is 1. The summed E-state index contributed by atoms with van der Waals surface area (Å²) in [5.74, 6) is -2.50. The lowest BCUT2D eigenvalue weighted by Crippen LogP contribution is -2.60. The Labute approximate surface area is 191 Å². The molecule has 0 aliphatic carbocycles. The Bertz CT molecular complexity index is 1250. The number of methoxy groups -OCH3 is 1. The Hall–Kier alpha value is -3.55. The topological polar surface area (TPSA) is 200 Å². The molecule has 12 heteroatoms. The van der Waals surface area contributed by atoms with Gasteiger partial charge in [0.25, 0.3) is 0 Å². The van der Waals surface area contributed by atoms with Crippen LogP contribution in [-0.4, -0.2) is 80.2 Å². The van der Waals surface area contributed by atoms with Crippen molar-refractivity contribution in [1.29, 1.82) is 0 Å². The second-order valence-corrected chi connectivity index (χ2v) is 7.60. The fraction of sp³-hybridized carbons (Fsp3) is 0.318. The van der Waals surface area contributed by atoms with Crippen molar-refractivity contribution in [2.45, 2.75) is 30.7 Å². The van der Waals surface area contributed by atoms with Crippen LogP contribution in [0, 0.1) is 0 Å². The van der Waals surface area contributed by atoms with Gasteiger partial charge in [-0.3, -0.25) is 4.79 Å². The third kappa shape index (κ3) is 3.87. The molecule has 12 nitrogen and oxygen atoms in total. The molecule has 34 heavy (non-hydrogen) atoms. The Morgan fingerprint density at radius 1 is 0.971 bits per heavy atom. The van der Waals surface area contributed by atoms with Crippen molar-refractivity contribution in [3.63, 3.8) is 0 Å². The molecule has 2 heterocycles. The quantitative estimate of drug-likeness (QED) is 0.254. The zero-order chi connectivity index (χ0) is 24.7. The molecule has 0 amide bonds. The molecule has 3 aromatic rings. The molecular weight excluding hydrogens is 456 g/mol. The summed E-state index contributed by atoms with van der Waals surface area (Å²) < 4.78 is 21.6. The summed E-state index contributed by atoms with van der Waals surface area (Å²) in [7, 11) is 1.17. The van der Waals surface area contributed by atoms with Crippen LogP contribution in [0.1, 0.15) is 0 Å². The number of hydrogen-bond acceptors (Lipinski definition) is 12. The van der Waals surface area contributed by atoms with E-state index in [0.29, 0.717) is 0 Å². The number of aromatic hydroxyl groups is 3. The first-order valence-corrected chi connectivity index (χ1v) is 10.0. The van der Waals surface area contributed by atoms with Gasteiger partial charge in [-0.2, -0.15) is 0 Å². The Morgan fingerprint density at radius 2 is 1.65 bits per heavy atom. The fourth-order valence-electron chi connectivity index (χ4n) is 3.68. The summed E-state index contributed by atoms with van der Waals surface area (Å²) >= 11 is 0. The average Bonchev–Trinajstić information content (AvgIpc) is 2.81. The number of rotatable bonds is 5. The zero-order valence-corrected chi connectivity index (χ0v) is 17.7. The first-order valence-electron chi connectivity index (χ1n) is 10.0. The first-order chi connectivity index (χ1) is 16.2. The van der Waals surface area contributed by atoms with E-state index in [-0.39, 0.29) is 22.7 Å². The van der Waals surface area contributed by atoms with Gasteiger partial charge in [0.2, 0.25) is 23.2 Å². The predicted molar refractivity (Wildman–Crippen MR) is 114 cm³/mol. The molecule has 0 spiro atoms. The van der Waals surface area contributed by atoms with Crippen LogP contribution < -0.4 is 14.9 Å². The monoisotopic (exact) mass is 478 g/mol. The average molecular weight is 478 g/mol. The third-order valence-corrected chi connectivity index (χ3v) is 5.47. The van der Waals surface area contributed by atoms with Crippen LogP contribution >= 0.6 is 0 Å². The Balaban J connectivity index is 1.93. The summed E-state index contributed by atoms with van der Waals surface area (Å²) in [6.07, 6.45) is -8.29. The van der Waals surface area contributed by atoms with Gasteiger partial charge in [0.15, 0.2) is 17.3 Å². The maximum absolute atomic E-state index is 13.4. The van der Waals surface area contributed by atoms with E-state index in [4.69, 9.17) is 18.6 Å². The van der Waals surface area contributed by atoms with E-state index in [1.165, 1.54) is 31.4 Å². The molecule has 1 aliphatic heterocycles. The molecule has 2 aromatic carbocycles. The first kappa shape index (κ1) is 23.6. The van der Waals surface area contributed by atoms with E-state index in [1.54, 1.807) is 0 Å². The molecule has 1 aromatic heterocycles. The minimum absolute atomic E-state index is 0.0803. The summed E-state index contributed by atoms with van der Waals surface area (Å²) in [4.78, 5) is 13.4. The lowest BCUT2D eigenvalue weighted by Gasteiger charge is -2.39. The van der Waals surface area contributed by atoms with Gasteiger partial charge in [0, 0.05) is 11.6 Å². The minimum atomic E-state index is -1.83. The molecule has 4 rings (SSSR count). The lowest BCUT2D eigenvalue weighted by atomic mass is 9.99. The van der Waals surface area contributed by atoms with E-state index < -0.39 is 71.1 Å². The van der Waals surface area contributed by atoms with Crippen LogP contribution in [0.3, 0.4) is 0 Å². The van der Waals surface area contributed by atoms with Crippen LogP contribution in [0.15, 0.2) is 39.5 Å². The van der Waals surface area contributed by atoms with Gasteiger partial charge in [-0.25, -0.2) is 0 Å². The van der Waals surface area contributed by atoms with Crippen LogP contribution in [0.5, 0.6) is 28.7 Å². The number of phenolic OH excluding ortho intramolecular Hbond substituents is 3. The second kappa shape index (κ2) is 9.00. The summed E-state index contributed by atoms with van der Waals surface area (Å²) in [6.45, 7) is -0.723. The predicted octanol–water partition coefficient (Wildman–Crippen LogP) is -0.236. The molecule has 1 aliphatic rings. The smallest absolute Gasteiger partial charge is 0.239 e. The highest BCUT2D eigenvalue weighted by molar-refractivity contribution is 5.91. The summed E-state index contributed by atoms with van der Waals surface area (Å²) in [5, 5.41) is 69.6. The minimum Gasteiger partial charge on any atom is -0.508 e. The lowest BCUT2D eigenvalue weighted by molar-refractivity contribution is -0.277. The molecule has 1 fully saturated rings. The van der Waals surface area contributed by atoms with Crippen LogP contribution in [-0.2, 0) is 4.74 Å². The van der Waals surface area contributed by atoms with Gasteiger partial charge >= 0.3 is 0 Å². The largest absolute Gasteiger partial charge is 0.508 e. The summed E-state index contributed by atoms with van der Waals surface area (Å²) in [5.41, 5.74) is -0.951. The Morgan fingerprint density at radius 3 is 2.26 bits per heavy atom. The van der Waals surface area contributed by atoms with Crippen LogP contribution in [0.2, 0.25) is 0 Å². The van der Waals surface area contributed by atoms with Crippen molar-refractivity contribution in [3.05, 3.63) is 40.6 Å². The van der Waals surface area contributed by atoms with Gasteiger partial charge in [-0.15, -0.1) is 0 Å². The number of hydrogen-bond donors (Lipinski definition) is 7. The third-order valence-electron chi connectivity index (χ3n) is 5.47. The zero-order valence-electron chi connectivity index (χ0n) is 17.7. The van der Waals surface area contributed by atoms with Gasteiger partial charge in [-0.1, -0.05) is 0 Å². The van der Waals surface area contributed by atoms with Crippen LogP contribution in [0.25, 0.3) is 22.3 Å². The van der Waals surface area contributed by atoms with E-state index in [2.05, 4.69) is 0 Å². The number of ether oxygens (including phenoxy) is 3. The van der Waals surface area contributed by atoms with Gasteiger partial charge in [-0.05, 0) is 24.3 Å². The number of aliphatic hydroxyl groups excluding tert-OH is 4. The highest BCUT2D eigenvalue weighted by atomic mass is 16.7. The molecule has 182 valence electrons. The number of aliphatic hydroxyl groups is 4. The maximum Gasteiger partial charge on any atom is 0.239 e. The molecule has 5 atom stereocenters. The van der Waals surface area contributed by atoms with Gasteiger partial charge in [0.1, 0.15) is 41.1 Å². The standard InChI is InChI=1S/C22H22O12/c1-31-20-10(25)6-11-13(15(20)27)16(28)21(19(32-11)8-2-4-9(24)5-3-8)34-22-18(30)17(29)14(26)12(7-23)33-22/h2-6,12,14,17-18,22-27,29-30H,7H2,1H3/t12?,14-,17?,18?,22-/m0/s1. The number of benzene rings is 2. The van der Waals surface area contributed by atoms with Gasteiger partial charge < -0.3 is 54.4 Å². The van der Waals surface area contributed by atoms with Crippen molar-refractivity contribution in [2.24, 2.45) is 0 Å². The SMILES string of the molecule is COc1c(O)cc2oc(-c3ccc(O)cc3)c(O[C@@H]3OC(CO)[C@H](O)C(O)C3O)c(=O)c2c1O. The van der Waals surface area contributed by atoms with Crippen LogP contribution in [0.4, 0.5) is 0 Å². The van der Waals surface area contributed by atoms with Crippen molar-refractivity contribution in [2.75, 3.05) is 13.7 Å². The van der Waals surface area contributed by atoms with Crippen molar-refractivity contribution in [3.8, 4) is 40.1 Å². The normalized spacial score (nSPS) is 24.8. The molecule has 0 radical (unpaired) electrons. The van der Waals surface area contributed by atoms with E-state index in [1.807, 2.05) is 0 Å². The van der Waals surface area contributed by atoms with E-state index >= 15 is 0 Å². The van der Waals surface area contributed by atoms with E-state index in [0.717, 1.165) is 6.07 Å². The fourth-order valence-corrected chi connectivity index (χ4v) is 3.68. The molecule has 3 unspecified atom stereocenters. The highest BCUT2D eigenvalue weighted by Gasteiger charge is 2.45. The highest BCUT2D eigenvalue weighted by Crippen LogP contribution is 2.43. The Kier molecular flexibility index (Phi) is 6.25. The van der Waals surface area contributed by atoms with Crippen molar-refractivity contribution < 1.29 is 54.4 Å². The maximum atomic E-state index is 13.4. The van der Waals surface area contributed by atoms with Gasteiger partial charge in [0.05, 0.1) is 13.7 Å². The molecule has 0 saturated carbocycles. The van der Waals surface area contributed by atoms with Crippen molar-refractivity contribution >= 4 is 11.0 Å². The molecule has 0 bridgehead atoms. The summed E-state index contributed by atoms with van der Waals surface area (Å²) in [6, 6.07) is 6.45. The molecule has 1 saturated heterocycles.